The van der Waals surface area contributed by atoms with Gasteiger partial charge >= 0.3 is 0 Å². The van der Waals surface area contributed by atoms with Crippen molar-refractivity contribution in [3.63, 3.8) is 0 Å². The molecule has 0 bridgehead atoms. The monoisotopic (exact) mass is 246 g/mol. The summed E-state index contributed by atoms with van der Waals surface area (Å²) in [7, 11) is 2.00. The van der Waals surface area contributed by atoms with Crippen molar-refractivity contribution in [2.45, 2.75) is 26.8 Å². The summed E-state index contributed by atoms with van der Waals surface area (Å²) in [5.74, 6) is 0. The Bertz CT molecular complexity index is 497. The van der Waals surface area contributed by atoms with Crippen LogP contribution in [-0.2, 0) is 0 Å². The minimum Gasteiger partial charge on any atom is -0.309 e. The molecule has 0 amide bonds. The van der Waals surface area contributed by atoms with E-state index < -0.39 is 0 Å². The summed E-state index contributed by atoms with van der Waals surface area (Å²) in [5.41, 5.74) is 3.91. The van der Waals surface area contributed by atoms with Crippen LogP contribution < -0.4 is 5.32 Å². The van der Waals surface area contributed by atoms with Crippen molar-refractivity contribution in [1.82, 2.24) is 10.3 Å². The summed E-state index contributed by atoms with van der Waals surface area (Å²) in [6, 6.07) is 4.58. The molecule has 0 aliphatic rings. The summed E-state index contributed by atoms with van der Waals surface area (Å²) in [4.78, 5) is 6.98. The van der Waals surface area contributed by atoms with Crippen LogP contribution in [0.5, 0.6) is 0 Å². The Morgan fingerprint density at radius 1 is 1.24 bits per heavy atom. The number of rotatable bonds is 3. The Labute approximate surface area is 107 Å². The van der Waals surface area contributed by atoms with Crippen LogP contribution in [0.3, 0.4) is 0 Å². The lowest BCUT2D eigenvalue weighted by Crippen LogP contribution is -2.17. The van der Waals surface area contributed by atoms with Crippen molar-refractivity contribution in [2.24, 2.45) is 0 Å². The van der Waals surface area contributed by atoms with Gasteiger partial charge in [0.05, 0.1) is 6.04 Å². The number of thiophene rings is 1. The van der Waals surface area contributed by atoms with E-state index in [9.17, 15) is 0 Å². The quantitative estimate of drug-likeness (QED) is 0.898. The highest BCUT2D eigenvalue weighted by Crippen LogP contribution is 2.31. The van der Waals surface area contributed by atoms with Crippen molar-refractivity contribution in [2.75, 3.05) is 7.05 Å². The lowest BCUT2D eigenvalue weighted by atomic mass is 10.0. The SMILES string of the molecule is CNC(c1cc(C)c(C)s1)c1cnccc1C. The van der Waals surface area contributed by atoms with Gasteiger partial charge in [-0.1, -0.05) is 0 Å². The number of aromatic nitrogens is 1. The molecule has 17 heavy (non-hydrogen) atoms. The van der Waals surface area contributed by atoms with Gasteiger partial charge in [0, 0.05) is 22.1 Å². The van der Waals surface area contributed by atoms with E-state index in [4.69, 9.17) is 0 Å². The first-order chi connectivity index (χ1) is 8.13. The first-order valence-corrected chi connectivity index (χ1v) is 6.60. The lowest BCUT2D eigenvalue weighted by molar-refractivity contribution is 0.695. The topological polar surface area (TPSA) is 24.9 Å². The average Bonchev–Trinajstić information content (AvgIpc) is 2.63. The van der Waals surface area contributed by atoms with E-state index in [-0.39, 0.29) is 6.04 Å². The highest BCUT2D eigenvalue weighted by atomic mass is 32.1. The van der Waals surface area contributed by atoms with Crippen LogP contribution in [-0.4, -0.2) is 12.0 Å². The second-order valence-electron chi connectivity index (χ2n) is 4.34. The average molecular weight is 246 g/mol. The zero-order chi connectivity index (χ0) is 12.4. The molecule has 1 unspecified atom stereocenters. The van der Waals surface area contributed by atoms with Gasteiger partial charge in [0.1, 0.15) is 0 Å². The molecule has 1 N–H and O–H groups in total. The molecule has 0 radical (unpaired) electrons. The Balaban J connectivity index is 2.44. The largest absolute Gasteiger partial charge is 0.309 e. The fraction of sp³-hybridized carbons (Fsp3) is 0.357. The zero-order valence-electron chi connectivity index (χ0n) is 10.7. The number of hydrogen-bond donors (Lipinski definition) is 1. The molecule has 0 aliphatic heterocycles. The smallest absolute Gasteiger partial charge is 0.0686 e. The second-order valence-corrected chi connectivity index (χ2v) is 5.63. The first kappa shape index (κ1) is 12.3. The third-order valence-electron chi connectivity index (χ3n) is 3.15. The molecule has 3 heteroatoms. The maximum Gasteiger partial charge on any atom is 0.0686 e. The van der Waals surface area contributed by atoms with Crippen LogP contribution in [0, 0.1) is 20.8 Å². The van der Waals surface area contributed by atoms with Gasteiger partial charge in [-0.2, -0.15) is 0 Å². The second kappa shape index (κ2) is 4.98. The molecule has 90 valence electrons. The Hall–Kier alpha value is -1.19. The summed E-state index contributed by atoms with van der Waals surface area (Å²) in [5, 5.41) is 3.39. The fourth-order valence-corrected chi connectivity index (χ4v) is 3.15. The minimum absolute atomic E-state index is 0.251. The summed E-state index contributed by atoms with van der Waals surface area (Å²) in [6.07, 6.45) is 3.80. The molecule has 0 saturated carbocycles. The maximum absolute atomic E-state index is 4.23. The van der Waals surface area contributed by atoms with E-state index in [1.165, 1.54) is 26.4 Å². The van der Waals surface area contributed by atoms with Gasteiger partial charge in [0.15, 0.2) is 0 Å². The third kappa shape index (κ3) is 2.40. The number of pyridine rings is 1. The molecule has 0 saturated heterocycles. The van der Waals surface area contributed by atoms with Crippen molar-refractivity contribution >= 4 is 11.3 Å². The van der Waals surface area contributed by atoms with Crippen molar-refractivity contribution < 1.29 is 0 Å². The fourth-order valence-electron chi connectivity index (χ4n) is 1.97. The molecular weight excluding hydrogens is 228 g/mol. The van der Waals surface area contributed by atoms with Gasteiger partial charge in [-0.15, -0.1) is 11.3 Å². The van der Waals surface area contributed by atoms with Crippen LogP contribution in [0.2, 0.25) is 0 Å². The van der Waals surface area contributed by atoms with Gasteiger partial charge in [0.25, 0.3) is 0 Å². The minimum atomic E-state index is 0.251. The predicted octanol–water partition coefficient (Wildman–Crippen LogP) is 3.38. The summed E-state index contributed by atoms with van der Waals surface area (Å²) < 4.78 is 0. The molecule has 0 spiro atoms. The summed E-state index contributed by atoms with van der Waals surface area (Å²) in [6.45, 7) is 6.47. The molecule has 2 rings (SSSR count). The van der Waals surface area contributed by atoms with Crippen LogP contribution in [0.4, 0.5) is 0 Å². The standard InChI is InChI=1S/C14H18N2S/c1-9-5-6-16-8-12(9)14(15-4)13-7-10(2)11(3)17-13/h5-8,14-15H,1-4H3. The molecular formula is C14H18N2S. The summed E-state index contributed by atoms with van der Waals surface area (Å²) >= 11 is 1.86. The van der Waals surface area contributed by atoms with E-state index in [1.54, 1.807) is 0 Å². The maximum atomic E-state index is 4.23. The van der Waals surface area contributed by atoms with Gasteiger partial charge in [-0.3, -0.25) is 4.98 Å². The molecule has 2 nitrogen and oxygen atoms in total. The van der Waals surface area contributed by atoms with E-state index in [0.717, 1.165) is 0 Å². The van der Waals surface area contributed by atoms with E-state index in [0.29, 0.717) is 0 Å². The number of hydrogen-bond acceptors (Lipinski definition) is 3. The number of aryl methyl sites for hydroxylation is 3. The highest BCUT2D eigenvalue weighted by molar-refractivity contribution is 7.12. The van der Waals surface area contributed by atoms with Crippen LogP contribution in [0.1, 0.15) is 32.5 Å². The van der Waals surface area contributed by atoms with E-state index in [1.807, 2.05) is 30.8 Å². The number of nitrogens with zero attached hydrogens (tertiary/aromatic N) is 1. The highest BCUT2D eigenvalue weighted by Gasteiger charge is 2.16. The van der Waals surface area contributed by atoms with Crippen LogP contribution in [0.15, 0.2) is 24.5 Å². The van der Waals surface area contributed by atoms with Crippen molar-refractivity contribution in [1.29, 1.82) is 0 Å². The lowest BCUT2D eigenvalue weighted by Gasteiger charge is -2.16. The van der Waals surface area contributed by atoms with Crippen LogP contribution in [0.25, 0.3) is 0 Å². The normalized spacial score (nSPS) is 12.7. The van der Waals surface area contributed by atoms with Crippen molar-refractivity contribution in [3.8, 4) is 0 Å². The van der Waals surface area contributed by atoms with Crippen LogP contribution >= 0.6 is 11.3 Å². The van der Waals surface area contributed by atoms with E-state index in [2.05, 4.69) is 43.2 Å². The Morgan fingerprint density at radius 3 is 2.53 bits per heavy atom. The van der Waals surface area contributed by atoms with Crippen molar-refractivity contribution in [3.05, 3.63) is 51.0 Å². The first-order valence-electron chi connectivity index (χ1n) is 5.78. The zero-order valence-corrected chi connectivity index (χ0v) is 11.6. The molecule has 1 atom stereocenters. The molecule has 0 aromatic carbocycles. The van der Waals surface area contributed by atoms with Gasteiger partial charge in [-0.25, -0.2) is 0 Å². The molecule has 2 heterocycles. The predicted molar refractivity (Wildman–Crippen MR) is 73.7 cm³/mol. The van der Waals surface area contributed by atoms with Gasteiger partial charge < -0.3 is 5.32 Å². The Kier molecular flexibility index (Phi) is 3.60. The number of nitrogens with one attached hydrogen (secondary N) is 1. The molecule has 2 aromatic heterocycles. The van der Waals surface area contributed by atoms with Gasteiger partial charge in [-0.05, 0) is 56.6 Å². The molecule has 2 aromatic rings. The molecule has 0 aliphatic carbocycles. The third-order valence-corrected chi connectivity index (χ3v) is 4.37. The van der Waals surface area contributed by atoms with Gasteiger partial charge in [0.2, 0.25) is 0 Å². The molecule has 0 fully saturated rings. The Morgan fingerprint density at radius 2 is 2.00 bits per heavy atom. The van der Waals surface area contributed by atoms with E-state index >= 15 is 0 Å².